The van der Waals surface area contributed by atoms with Crippen molar-refractivity contribution in [2.45, 2.75) is 40.2 Å². The van der Waals surface area contributed by atoms with Crippen molar-refractivity contribution < 1.29 is 4.74 Å². The molecule has 2 heteroatoms. The van der Waals surface area contributed by atoms with Crippen molar-refractivity contribution in [3.05, 3.63) is 29.3 Å². The zero-order valence-corrected chi connectivity index (χ0v) is 11.1. The van der Waals surface area contributed by atoms with Crippen LogP contribution < -0.4 is 10.1 Å². The Morgan fingerprint density at radius 1 is 1.12 bits per heavy atom. The molecule has 0 saturated heterocycles. The molecule has 2 nitrogen and oxygen atoms in total. The van der Waals surface area contributed by atoms with Crippen LogP contribution in [0.15, 0.2) is 18.2 Å². The molecule has 0 radical (unpaired) electrons. The van der Waals surface area contributed by atoms with E-state index in [-0.39, 0.29) is 5.54 Å². The van der Waals surface area contributed by atoms with Crippen molar-refractivity contribution in [3.63, 3.8) is 0 Å². The van der Waals surface area contributed by atoms with E-state index in [9.17, 15) is 0 Å². The standard InChI is InChI=1S/C14H23NO/c1-11-7-6-8-12(2)13(11)16-10-9-15-14(3,4)5/h6-8,15H,9-10H2,1-5H3. The van der Waals surface area contributed by atoms with Crippen LogP contribution in [0.5, 0.6) is 5.75 Å². The Labute approximate surface area is 99.0 Å². The summed E-state index contributed by atoms with van der Waals surface area (Å²) in [6, 6.07) is 6.23. The van der Waals surface area contributed by atoms with E-state index in [1.54, 1.807) is 0 Å². The first kappa shape index (κ1) is 13.0. The first-order valence-corrected chi connectivity index (χ1v) is 5.84. The maximum absolute atomic E-state index is 5.80. The molecular weight excluding hydrogens is 198 g/mol. The zero-order valence-electron chi connectivity index (χ0n) is 11.1. The summed E-state index contributed by atoms with van der Waals surface area (Å²) in [4.78, 5) is 0. The lowest BCUT2D eigenvalue weighted by molar-refractivity contribution is 0.288. The van der Waals surface area contributed by atoms with Gasteiger partial charge in [-0.2, -0.15) is 0 Å². The van der Waals surface area contributed by atoms with Gasteiger partial charge in [0.25, 0.3) is 0 Å². The third-order valence-corrected chi connectivity index (χ3v) is 2.41. The molecule has 0 aliphatic carbocycles. The Bertz CT molecular complexity index is 319. The predicted octanol–water partition coefficient (Wildman–Crippen LogP) is 3.07. The molecule has 0 spiro atoms. The average molecular weight is 221 g/mol. The second-order valence-corrected chi connectivity index (χ2v) is 5.25. The molecule has 0 atom stereocenters. The van der Waals surface area contributed by atoms with Crippen LogP contribution in [0.1, 0.15) is 31.9 Å². The van der Waals surface area contributed by atoms with Gasteiger partial charge < -0.3 is 10.1 Å². The van der Waals surface area contributed by atoms with E-state index in [1.807, 2.05) is 0 Å². The largest absolute Gasteiger partial charge is 0.492 e. The highest BCUT2D eigenvalue weighted by Crippen LogP contribution is 2.21. The number of hydrogen-bond donors (Lipinski definition) is 1. The SMILES string of the molecule is Cc1cccc(C)c1OCCNC(C)(C)C. The minimum absolute atomic E-state index is 0.157. The van der Waals surface area contributed by atoms with Gasteiger partial charge in [-0.15, -0.1) is 0 Å². The summed E-state index contributed by atoms with van der Waals surface area (Å²) < 4.78 is 5.80. The Morgan fingerprint density at radius 3 is 2.19 bits per heavy atom. The van der Waals surface area contributed by atoms with E-state index in [0.29, 0.717) is 6.61 Å². The maximum atomic E-state index is 5.80. The Morgan fingerprint density at radius 2 is 1.69 bits per heavy atom. The Hall–Kier alpha value is -1.02. The number of para-hydroxylation sites is 1. The maximum Gasteiger partial charge on any atom is 0.125 e. The van der Waals surface area contributed by atoms with E-state index in [2.05, 4.69) is 58.1 Å². The van der Waals surface area contributed by atoms with Crippen LogP contribution in [0.25, 0.3) is 0 Å². The number of hydrogen-bond acceptors (Lipinski definition) is 2. The lowest BCUT2D eigenvalue weighted by atomic mass is 10.1. The normalized spacial score (nSPS) is 11.6. The second kappa shape index (κ2) is 5.35. The van der Waals surface area contributed by atoms with E-state index >= 15 is 0 Å². The van der Waals surface area contributed by atoms with Crippen molar-refractivity contribution >= 4 is 0 Å². The lowest BCUT2D eigenvalue weighted by Gasteiger charge is -2.21. The van der Waals surface area contributed by atoms with Crippen LogP contribution in [0.3, 0.4) is 0 Å². The van der Waals surface area contributed by atoms with Gasteiger partial charge in [0.15, 0.2) is 0 Å². The average Bonchev–Trinajstić information content (AvgIpc) is 2.14. The molecule has 0 aliphatic heterocycles. The number of rotatable bonds is 4. The van der Waals surface area contributed by atoms with Crippen LogP contribution in [0, 0.1) is 13.8 Å². The molecule has 1 N–H and O–H groups in total. The first-order valence-electron chi connectivity index (χ1n) is 5.84. The molecule has 0 heterocycles. The van der Waals surface area contributed by atoms with Gasteiger partial charge in [0, 0.05) is 12.1 Å². The summed E-state index contributed by atoms with van der Waals surface area (Å²) in [5.41, 5.74) is 2.57. The monoisotopic (exact) mass is 221 g/mol. The van der Waals surface area contributed by atoms with Crippen LogP contribution in [-0.4, -0.2) is 18.7 Å². The van der Waals surface area contributed by atoms with Crippen molar-refractivity contribution in [2.24, 2.45) is 0 Å². The fraction of sp³-hybridized carbons (Fsp3) is 0.571. The van der Waals surface area contributed by atoms with E-state index in [0.717, 1.165) is 12.3 Å². The molecule has 90 valence electrons. The number of nitrogens with one attached hydrogen (secondary N) is 1. The molecule has 0 amide bonds. The zero-order chi connectivity index (χ0) is 12.2. The summed E-state index contributed by atoms with van der Waals surface area (Å²) in [5, 5.41) is 3.41. The summed E-state index contributed by atoms with van der Waals surface area (Å²) in [5.74, 6) is 1.03. The predicted molar refractivity (Wildman–Crippen MR) is 69.2 cm³/mol. The van der Waals surface area contributed by atoms with E-state index < -0.39 is 0 Å². The molecule has 16 heavy (non-hydrogen) atoms. The van der Waals surface area contributed by atoms with Crippen molar-refractivity contribution in [3.8, 4) is 5.75 Å². The van der Waals surface area contributed by atoms with E-state index in [4.69, 9.17) is 4.74 Å². The minimum atomic E-state index is 0.157. The van der Waals surface area contributed by atoms with Gasteiger partial charge in [-0.05, 0) is 45.7 Å². The molecule has 0 saturated carbocycles. The van der Waals surface area contributed by atoms with Gasteiger partial charge in [-0.3, -0.25) is 0 Å². The Kier molecular flexibility index (Phi) is 4.36. The highest BCUT2D eigenvalue weighted by molar-refractivity contribution is 5.39. The molecule has 1 aromatic rings. The molecule has 0 unspecified atom stereocenters. The summed E-state index contributed by atoms with van der Waals surface area (Å²) in [7, 11) is 0. The number of ether oxygens (including phenoxy) is 1. The molecule has 0 aromatic heterocycles. The minimum Gasteiger partial charge on any atom is -0.492 e. The summed E-state index contributed by atoms with van der Waals surface area (Å²) >= 11 is 0. The lowest BCUT2D eigenvalue weighted by Crippen LogP contribution is -2.38. The quantitative estimate of drug-likeness (QED) is 0.789. The van der Waals surface area contributed by atoms with Gasteiger partial charge in [-0.25, -0.2) is 0 Å². The molecular formula is C14H23NO. The fourth-order valence-electron chi connectivity index (χ4n) is 1.61. The first-order chi connectivity index (χ1) is 7.40. The molecule has 0 fully saturated rings. The van der Waals surface area contributed by atoms with Gasteiger partial charge in [-0.1, -0.05) is 18.2 Å². The molecule has 1 aromatic carbocycles. The van der Waals surface area contributed by atoms with Crippen LogP contribution >= 0.6 is 0 Å². The fourth-order valence-corrected chi connectivity index (χ4v) is 1.61. The van der Waals surface area contributed by atoms with E-state index in [1.165, 1.54) is 11.1 Å². The van der Waals surface area contributed by atoms with Gasteiger partial charge >= 0.3 is 0 Å². The topological polar surface area (TPSA) is 21.3 Å². The molecule has 1 rings (SSSR count). The van der Waals surface area contributed by atoms with Crippen LogP contribution in [-0.2, 0) is 0 Å². The van der Waals surface area contributed by atoms with Gasteiger partial charge in [0.1, 0.15) is 12.4 Å². The summed E-state index contributed by atoms with van der Waals surface area (Å²) in [6.45, 7) is 12.2. The molecule has 0 bridgehead atoms. The van der Waals surface area contributed by atoms with Crippen molar-refractivity contribution in [2.75, 3.05) is 13.2 Å². The van der Waals surface area contributed by atoms with Crippen LogP contribution in [0.4, 0.5) is 0 Å². The van der Waals surface area contributed by atoms with Gasteiger partial charge in [0.2, 0.25) is 0 Å². The highest BCUT2D eigenvalue weighted by Gasteiger charge is 2.08. The van der Waals surface area contributed by atoms with Crippen molar-refractivity contribution in [1.82, 2.24) is 5.32 Å². The third-order valence-electron chi connectivity index (χ3n) is 2.41. The second-order valence-electron chi connectivity index (χ2n) is 5.25. The highest BCUT2D eigenvalue weighted by atomic mass is 16.5. The number of aryl methyl sites for hydroxylation is 2. The summed E-state index contributed by atoms with van der Waals surface area (Å²) in [6.07, 6.45) is 0. The van der Waals surface area contributed by atoms with Crippen LogP contribution in [0.2, 0.25) is 0 Å². The number of benzene rings is 1. The third kappa shape index (κ3) is 4.23. The molecule has 0 aliphatic rings. The Balaban J connectivity index is 2.43. The smallest absolute Gasteiger partial charge is 0.125 e. The van der Waals surface area contributed by atoms with Crippen molar-refractivity contribution in [1.29, 1.82) is 0 Å². The van der Waals surface area contributed by atoms with Gasteiger partial charge in [0.05, 0.1) is 0 Å².